The van der Waals surface area contributed by atoms with Gasteiger partial charge in [-0.2, -0.15) is 4.89 Å². The van der Waals surface area contributed by atoms with Crippen molar-refractivity contribution < 1.29 is 38.2 Å². The zero-order valence-corrected chi connectivity index (χ0v) is 24.3. The fourth-order valence-electron chi connectivity index (χ4n) is 3.91. The van der Waals surface area contributed by atoms with Crippen LogP contribution in [-0.4, -0.2) is 65.1 Å². The summed E-state index contributed by atoms with van der Waals surface area (Å²) in [5.74, 6) is 0.742. The summed E-state index contributed by atoms with van der Waals surface area (Å²) in [6.07, 6.45) is 8.26. The van der Waals surface area contributed by atoms with E-state index in [1.165, 1.54) is 25.7 Å². The van der Waals surface area contributed by atoms with Gasteiger partial charge < -0.3 is 33.3 Å². The summed E-state index contributed by atoms with van der Waals surface area (Å²) in [4.78, 5) is 10.2. The van der Waals surface area contributed by atoms with Gasteiger partial charge in [0, 0.05) is 37.6 Å². The summed E-state index contributed by atoms with van der Waals surface area (Å²) in [6, 6.07) is 5.88. The summed E-state index contributed by atoms with van der Waals surface area (Å²) < 4.78 is 35.4. The Morgan fingerprint density at radius 3 is 1.79 bits per heavy atom. The van der Waals surface area contributed by atoms with Crippen LogP contribution in [0, 0.1) is 0 Å². The highest BCUT2D eigenvalue weighted by Gasteiger charge is 2.19. The Kier molecular flexibility index (Phi) is 18.7. The molecule has 1 aromatic carbocycles. The van der Waals surface area contributed by atoms with E-state index in [1.54, 1.807) is 0 Å². The third-order valence-electron chi connectivity index (χ3n) is 6.13. The molecule has 8 nitrogen and oxygen atoms in total. The Morgan fingerprint density at radius 1 is 0.684 bits per heavy atom. The normalized spacial score (nSPS) is 15.3. The fourth-order valence-corrected chi connectivity index (χ4v) is 3.91. The first-order valence-corrected chi connectivity index (χ1v) is 14.7. The minimum absolute atomic E-state index is 0.0736. The van der Waals surface area contributed by atoms with Crippen LogP contribution in [0.15, 0.2) is 18.2 Å². The van der Waals surface area contributed by atoms with Gasteiger partial charge in [-0.05, 0) is 51.7 Å². The van der Waals surface area contributed by atoms with E-state index < -0.39 is 6.29 Å². The Balaban J connectivity index is 1.66. The highest BCUT2D eigenvalue weighted by Crippen LogP contribution is 2.30. The lowest BCUT2D eigenvalue weighted by Gasteiger charge is -2.20. The first kappa shape index (κ1) is 32.9. The van der Waals surface area contributed by atoms with E-state index >= 15 is 0 Å². The van der Waals surface area contributed by atoms with Crippen molar-refractivity contribution in [2.45, 2.75) is 104 Å². The van der Waals surface area contributed by atoms with Gasteiger partial charge in [-0.1, -0.05) is 45.6 Å². The summed E-state index contributed by atoms with van der Waals surface area (Å²) >= 11 is 0. The predicted molar refractivity (Wildman–Crippen MR) is 147 cm³/mol. The number of ether oxygens (including phenoxy) is 6. The summed E-state index contributed by atoms with van der Waals surface area (Å²) in [5.41, 5.74) is 1.94. The second kappa shape index (κ2) is 21.5. The maximum atomic E-state index is 6.13. The minimum Gasteiger partial charge on any atom is -0.379 e. The molecule has 0 N–H and O–H groups in total. The maximum Gasteiger partial charge on any atom is 0.183 e. The molecule has 0 saturated heterocycles. The van der Waals surface area contributed by atoms with E-state index in [4.69, 9.17) is 38.2 Å². The highest BCUT2D eigenvalue weighted by atomic mass is 17.2. The van der Waals surface area contributed by atoms with Crippen molar-refractivity contribution in [1.82, 2.24) is 0 Å². The van der Waals surface area contributed by atoms with Gasteiger partial charge in [0.15, 0.2) is 12.0 Å². The molecule has 1 aliphatic heterocycles. The van der Waals surface area contributed by atoms with E-state index in [1.807, 2.05) is 32.0 Å². The molecule has 0 aliphatic carbocycles. The Morgan fingerprint density at radius 2 is 1.24 bits per heavy atom. The average Bonchev–Trinajstić information content (AvgIpc) is 3.39. The van der Waals surface area contributed by atoms with Gasteiger partial charge in [-0.3, -0.25) is 0 Å². The molecule has 1 aromatic rings. The molecule has 1 aliphatic rings. The molecule has 0 bridgehead atoms. The second-order valence-corrected chi connectivity index (χ2v) is 9.92. The van der Waals surface area contributed by atoms with Crippen molar-refractivity contribution in [2.75, 3.05) is 52.9 Å². The Labute approximate surface area is 230 Å². The van der Waals surface area contributed by atoms with Crippen molar-refractivity contribution in [3.8, 4) is 5.75 Å². The van der Waals surface area contributed by atoms with Crippen molar-refractivity contribution in [1.29, 1.82) is 0 Å². The highest BCUT2D eigenvalue weighted by molar-refractivity contribution is 5.38. The lowest BCUT2D eigenvalue weighted by molar-refractivity contribution is -0.194. The lowest BCUT2D eigenvalue weighted by atomic mass is 10.1. The Bertz CT molecular complexity index is 671. The average molecular weight is 541 g/mol. The van der Waals surface area contributed by atoms with Gasteiger partial charge in [0.1, 0.15) is 6.61 Å². The summed E-state index contributed by atoms with van der Waals surface area (Å²) in [6.45, 7) is 14.0. The van der Waals surface area contributed by atoms with Gasteiger partial charge in [-0.25, -0.2) is 0 Å². The predicted octanol–water partition coefficient (Wildman–Crippen LogP) is 6.55. The maximum absolute atomic E-state index is 6.13. The van der Waals surface area contributed by atoms with Crippen LogP contribution in [0.25, 0.3) is 0 Å². The van der Waals surface area contributed by atoms with E-state index in [9.17, 15) is 0 Å². The third kappa shape index (κ3) is 14.8. The zero-order valence-electron chi connectivity index (χ0n) is 24.3. The van der Waals surface area contributed by atoms with E-state index in [2.05, 4.69) is 13.8 Å². The standard InChI is InChI=1S/C30H52O8/c1-5-7-9-15-31-22-25(3)33-17-11-19-35-30(27-13-14-29-28(21-27)24-37-38-29)36-20-12-18-34-26(4)23-32-16-10-8-6-2/h13-14,21,25-26,30H,5-12,15-20,22-24H2,1-4H3. The van der Waals surface area contributed by atoms with Gasteiger partial charge >= 0.3 is 0 Å². The number of benzene rings is 1. The van der Waals surface area contributed by atoms with Gasteiger partial charge in [0.2, 0.25) is 0 Å². The number of unbranched alkanes of at least 4 members (excludes halogenated alkanes) is 4. The van der Waals surface area contributed by atoms with Gasteiger partial charge in [-0.15, -0.1) is 0 Å². The molecule has 0 fully saturated rings. The van der Waals surface area contributed by atoms with Crippen LogP contribution in [0.1, 0.15) is 96.5 Å². The molecule has 220 valence electrons. The van der Waals surface area contributed by atoms with Crippen molar-refractivity contribution in [3.05, 3.63) is 29.3 Å². The molecular weight excluding hydrogens is 488 g/mol. The minimum atomic E-state index is -0.473. The second-order valence-electron chi connectivity index (χ2n) is 9.92. The van der Waals surface area contributed by atoms with E-state index in [0.717, 1.165) is 55.8 Å². The summed E-state index contributed by atoms with van der Waals surface area (Å²) in [5, 5.41) is 0. The molecule has 1 heterocycles. The first-order valence-electron chi connectivity index (χ1n) is 14.7. The molecule has 2 unspecified atom stereocenters. The van der Waals surface area contributed by atoms with Crippen LogP contribution in [0.4, 0.5) is 0 Å². The molecule has 0 radical (unpaired) electrons. The monoisotopic (exact) mass is 540 g/mol. The van der Waals surface area contributed by atoms with E-state index in [-0.39, 0.29) is 12.2 Å². The van der Waals surface area contributed by atoms with Crippen LogP contribution in [0.2, 0.25) is 0 Å². The van der Waals surface area contributed by atoms with Crippen LogP contribution < -0.4 is 4.89 Å². The van der Waals surface area contributed by atoms with Gasteiger partial charge in [0.05, 0.1) is 38.6 Å². The summed E-state index contributed by atoms with van der Waals surface area (Å²) in [7, 11) is 0. The molecule has 0 aromatic heterocycles. The molecule has 2 atom stereocenters. The van der Waals surface area contributed by atoms with Crippen LogP contribution in [0.3, 0.4) is 0 Å². The topological polar surface area (TPSA) is 73.8 Å². The SMILES string of the molecule is CCCCCOCC(C)OCCCOC(OCCCOC(C)COCCCCC)c1ccc2c(c1)COO2. The van der Waals surface area contributed by atoms with Crippen LogP contribution >= 0.6 is 0 Å². The molecule has 0 amide bonds. The molecular formula is C30H52O8. The smallest absolute Gasteiger partial charge is 0.183 e. The number of fused-ring (bicyclic) bond motifs is 1. The van der Waals surface area contributed by atoms with Gasteiger partial charge in [0.25, 0.3) is 0 Å². The molecule has 8 heteroatoms. The zero-order chi connectivity index (χ0) is 27.3. The molecule has 38 heavy (non-hydrogen) atoms. The largest absolute Gasteiger partial charge is 0.379 e. The quantitative estimate of drug-likeness (QED) is 0.0786. The van der Waals surface area contributed by atoms with Crippen molar-refractivity contribution in [2.24, 2.45) is 0 Å². The number of hydrogen-bond donors (Lipinski definition) is 0. The van der Waals surface area contributed by atoms with Crippen LogP contribution in [-0.2, 0) is 39.9 Å². The molecule has 2 rings (SSSR count). The molecule has 0 spiro atoms. The number of hydrogen-bond acceptors (Lipinski definition) is 8. The van der Waals surface area contributed by atoms with Crippen LogP contribution in [0.5, 0.6) is 5.75 Å². The molecule has 0 saturated carbocycles. The first-order chi connectivity index (χ1) is 18.6. The lowest BCUT2D eigenvalue weighted by Crippen LogP contribution is -2.19. The van der Waals surface area contributed by atoms with E-state index in [0.29, 0.717) is 46.2 Å². The Hall–Kier alpha value is -1.26. The third-order valence-corrected chi connectivity index (χ3v) is 6.13. The fraction of sp³-hybridized carbons (Fsp3) is 0.800. The van der Waals surface area contributed by atoms with Crippen molar-refractivity contribution in [3.63, 3.8) is 0 Å². The number of rotatable bonds is 25. The van der Waals surface area contributed by atoms with Crippen molar-refractivity contribution >= 4 is 0 Å².